The number of Topliss-reactive ketones (excluding diaryl/α,β-unsaturated/α-hetero) is 1. The standard InChI is InChI=1S/C9H8O4S/c10-8(9(11)12)6-14(13)7-4-2-1-3-5-7/h1-5H,6H2,(H,11,12). The maximum atomic E-state index is 11.4. The molecule has 0 aliphatic carbocycles. The zero-order valence-electron chi connectivity index (χ0n) is 7.17. The van der Waals surface area contributed by atoms with E-state index < -0.39 is 28.3 Å². The van der Waals surface area contributed by atoms with Gasteiger partial charge in [-0.25, -0.2) is 4.79 Å². The Kier molecular flexibility index (Phi) is 3.53. The Balaban J connectivity index is 2.69. The van der Waals surface area contributed by atoms with Gasteiger partial charge >= 0.3 is 5.97 Å². The Morgan fingerprint density at radius 2 is 1.79 bits per heavy atom. The first-order valence-corrected chi connectivity index (χ1v) is 5.12. The molecule has 1 rings (SSSR count). The Morgan fingerprint density at radius 1 is 1.21 bits per heavy atom. The molecule has 74 valence electrons. The van der Waals surface area contributed by atoms with Crippen molar-refractivity contribution in [1.29, 1.82) is 0 Å². The predicted molar refractivity (Wildman–Crippen MR) is 50.4 cm³/mol. The summed E-state index contributed by atoms with van der Waals surface area (Å²) in [6, 6.07) is 8.28. The number of aliphatic carboxylic acids is 1. The molecule has 5 heteroatoms. The van der Waals surface area contributed by atoms with Gasteiger partial charge in [-0.15, -0.1) is 0 Å². The van der Waals surface area contributed by atoms with Crippen LogP contribution in [0, 0.1) is 0 Å². The van der Waals surface area contributed by atoms with E-state index >= 15 is 0 Å². The number of carboxylic acids is 1. The summed E-state index contributed by atoms with van der Waals surface area (Å²) in [7, 11) is -1.56. The van der Waals surface area contributed by atoms with E-state index in [1.807, 2.05) is 0 Å². The number of rotatable bonds is 4. The minimum atomic E-state index is -1.56. The second-order valence-electron chi connectivity index (χ2n) is 2.53. The predicted octanol–water partition coefficient (Wildman–Crippen LogP) is 0.448. The summed E-state index contributed by atoms with van der Waals surface area (Å²) >= 11 is 0. The maximum Gasteiger partial charge on any atom is 0.373 e. The fraction of sp³-hybridized carbons (Fsp3) is 0.111. The molecule has 0 radical (unpaired) electrons. The molecule has 1 N–H and O–H groups in total. The molecule has 4 nitrogen and oxygen atoms in total. The lowest BCUT2D eigenvalue weighted by Gasteiger charge is -1.98. The lowest BCUT2D eigenvalue weighted by Crippen LogP contribution is -2.19. The molecular formula is C9H8O4S. The van der Waals surface area contributed by atoms with Gasteiger partial charge in [0.2, 0.25) is 0 Å². The van der Waals surface area contributed by atoms with Gasteiger partial charge in [0.15, 0.2) is 0 Å². The SMILES string of the molecule is O=C(O)C(=O)CS(=O)c1ccccc1. The fourth-order valence-corrected chi connectivity index (χ4v) is 1.83. The quantitative estimate of drug-likeness (QED) is 0.735. The van der Waals surface area contributed by atoms with Gasteiger partial charge in [-0.3, -0.25) is 9.00 Å². The third-order valence-electron chi connectivity index (χ3n) is 1.51. The zero-order chi connectivity index (χ0) is 10.6. The summed E-state index contributed by atoms with van der Waals surface area (Å²) in [6.07, 6.45) is 0. The van der Waals surface area contributed by atoms with E-state index in [2.05, 4.69) is 0 Å². The summed E-state index contributed by atoms with van der Waals surface area (Å²) in [4.78, 5) is 21.4. The largest absolute Gasteiger partial charge is 0.475 e. The van der Waals surface area contributed by atoms with Crippen LogP contribution >= 0.6 is 0 Å². The van der Waals surface area contributed by atoms with E-state index in [0.29, 0.717) is 4.90 Å². The second kappa shape index (κ2) is 4.66. The molecular weight excluding hydrogens is 204 g/mol. The number of carbonyl (C=O) groups is 2. The van der Waals surface area contributed by atoms with E-state index in [9.17, 15) is 13.8 Å². The lowest BCUT2D eigenvalue weighted by atomic mass is 10.4. The molecule has 1 atom stereocenters. The highest BCUT2D eigenvalue weighted by Crippen LogP contribution is 2.05. The van der Waals surface area contributed by atoms with Crippen LogP contribution in [0.25, 0.3) is 0 Å². The van der Waals surface area contributed by atoms with Crippen molar-refractivity contribution in [3.05, 3.63) is 30.3 Å². The van der Waals surface area contributed by atoms with Gasteiger partial charge in [0.25, 0.3) is 5.78 Å². The van der Waals surface area contributed by atoms with Gasteiger partial charge < -0.3 is 5.11 Å². The minimum Gasteiger partial charge on any atom is -0.475 e. The van der Waals surface area contributed by atoms with Crippen LogP contribution in [0.4, 0.5) is 0 Å². The first-order valence-electron chi connectivity index (χ1n) is 3.81. The molecule has 0 fully saturated rings. The van der Waals surface area contributed by atoms with Crippen molar-refractivity contribution in [1.82, 2.24) is 0 Å². The molecule has 14 heavy (non-hydrogen) atoms. The van der Waals surface area contributed by atoms with Crippen LogP contribution in [0.3, 0.4) is 0 Å². The Bertz CT molecular complexity index is 372. The van der Waals surface area contributed by atoms with Crippen molar-refractivity contribution in [3.8, 4) is 0 Å². The van der Waals surface area contributed by atoms with Crippen molar-refractivity contribution in [2.45, 2.75) is 4.90 Å². The fourth-order valence-electron chi connectivity index (χ4n) is 0.836. The summed E-state index contributed by atoms with van der Waals surface area (Å²) in [5.74, 6) is -3.05. The Morgan fingerprint density at radius 3 is 2.29 bits per heavy atom. The Hall–Kier alpha value is -1.49. The normalized spacial score (nSPS) is 12.0. The van der Waals surface area contributed by atoms with Crippen LogP contribution in [0.1, 0.15) is 0 Å². The summed E-state index contributed by atoms with van der Waals surface area (Å²) in [5, 5.41) is 8.29. The zero-order valence-corrected chi connectivity index (χ0v) is 7.99. The third kappa shape index (κ3) is 2.77. The van der Waals surface area contributed by atoms with Crippen molar-refractivity contribution in [3.63, 3.8) is 0 Å². The van der Waals surface area contributed by atoms with E-state index in [0.717, 1.165) is 0 Å². The molecule has 0 spiro atoms. The molecule has 0 aromatic heterocycles. The first-order chi connectivity index (χ1) is 6.61. The smallest absolute Gasteiger partial charge is 0.373 e. The molecule has 0 bridgehead atoms. The van der Waals surface area contributed by atoms with Crippen molar-refractivity contribution < 1.29 is 18.9 Å². The number of ketones is 1. The van der Waals surface area contributed by atoms with Crippen LogP contribution in [-0.4, -0.2) is 26.8 Å². The summed E-state index contributed by atoms with van der Waals surface area (Å²) < 4.78 is 11.4. The first kappa shape index (κ1) is 10.6. The monoisotopic (exact) mass is 212 g/mol. The van der Waals surface area contributed by atoms with Gasteiger partial charge in [0, 0.05) is 4.90 Å². The molecule has 0 saturated carbocycles. The molecule has 1 aromatic rings. The molecule has 1 aromatic carbocycles. The van der Waals surface area contributed by atoms with E-state index in [1.54, 1.807) is 30.3 Å². The van der Waals surface area contributed by atoms with Crippen molar-refractivity contribution in [2.75, 3.05) is 5.75 Å². The minimum absolute atomic E-state index is 0.460. The number of carbonyl (C=O) groups excluding carboxylic acids is 1. The molecule has 0 aliphatic heterocycles. The van der Waals surface area contributed by atoms with E-state index in [4.69, 9.17) is 5.11 Å². The lowest BCUT2D eigenvalue weighted by molar-refractivity contribution is -0.147. The second-order valence-corrected chi connectivity index (χ2v) is 3.98. The van der Waals surface area contributed by atoms with Crippen LogP contribution in [0.2, 0.25) is 0 Å². The number of carboxylic acid groups (broad SMARTS) is 1. The average molecular weight is 212 g/mol. The van der Waals surface area contributed by atoms with Crippen LogP contribution in [0.15, 0.2) is 35.2 Å². The highest BCUT2D eigenvalue weighted by Gasteiger charge is 2.16. The van der Waals surface area contributed by atoms with Gasteiger partial charge in [-0.1, -0.05) is 18.2 Å². The Labute approximate surface area is 83.0 Å². The number of hydrogen-bond donors (Lipinski definition) is 1. The van der Waals surface area contributed by atoms with Gasteiger partial charge in [0.1, 0.15) is 0 Å². The van der Waals surface area contributed by atoms with Crippen LogP contribution < -0.4 is 0 Å². The maximum absolute atomic E-state index is 11.4. The topological polar surface area (TPSA) is 71.4 Å². The molecule has 0 heterocycles. The van der Waals surface area contributed by atoms with Gasteiger partial charge in [-0.2, -0.15) is 0 Å². The molecule has 0 amide bonds. The van der Waals surface area contributed by atoms with Gasteiger partial charge in [-0.05, 0) is 12.1 Å². The van der Waals surface area contributed by atoms with E-state index in [1.165, 1.54) is 0 Å². The third-order valence-corrected chi connectivity index (χ3v) is 2.83. The summed E-state index contributed by atoms with van der Waals surface area (Å²) in [6.45, 7) is 0. The van der Waals surface area contributed by atoms with Crippen molar-refractivity contribution in [2.24, 2.45) is 0 Å². The average Bonchev–Trinajstić information content (AvgIpc) is 2.19. The molecule has 1 unspecified atom stereocenters. The van der Waals surface area contributed by atoms with E-state index in [-0.39, 0.29) is 0 Å². The number of hydrogen-bond acceptors (Lipinski definition) is 3. The molecule has 0 saturated heterocycles. The highest BCUT2D eigenvalue weighted by atomic mass is 32.2. The van der Waals surface area contributed by atoms with Crippen LogP contribution in [-0.2, 0) is 20.4 Å². The van der Waals surface area contributed by atoms with Gasteiger partial charge in [0.05, 0.1) is 16.6 Å². The van der Waals surface area contributed by atoms with Crippen LogP contribution in [0.5, 0.6) is 0 Å². The highest BCUT2D eigenvalue weighted by molar-refractivity contribution is 7.86. The van der Waals surface area contributed by atoms with Crippen molar-refractivity contribution >= 4 is 22.6 Å². The summed E-state index contributed by atoms with van der Waals surface area (Å²) in [5.41, 5.74) is 0. The number of benzene rings is 1. The molecule has 0 aliphatic rings.